The predicted molar refractivity (Wildman–Crippen MR) is 108 cm³/mol. The van der Waals surface area contributed by atoms with E-state index in [2.05, 4.69) is 20.1 Å². The van der Waals surface area contributed by atoms with Gasteiger partial charge in [0.25, 0.3) is 0 Å². The minimum atomic E-state index is -0.208. The average Bonchev–Trinajstić information content (AvgIpc) is 3.27. The summed E-state index contributed by atoms with van der Waals surface area (Å²) in [5.41, 5.74) is 10.4. The number of anilines is 1. The van der Waals surface area contributed by atoms with E-state index >= 15 is 0 Å². The molecule has 3 heterocycles. The molecule has 0 fully saturated rings. The zero-order chi connectivity index (χ0) is 19.3. The zero-order valence-electron chi connectivity index (χ0n) is 15.0. The van der Waals surface area contributed by atoms with Crippen LogP contribution in [0.5, 0.6) is 0 Å². The molecule has 5 aromatic rings. The second-order valence-corrected chi connectivity index (χ2v) is 6.62. The van der Waals surface area contributed by atoms with Crippen LogP contribution in [0.4, 0.5) is 5.82 Å². The molecule has 0 aliphatic carbocycles. The molecule has 3 N–H and O–H groups in total. The molecule has 0 aliphatic heterocycles. The van der Waals surface area contributed by atoms with Gasteiger partial charge < -0.3 is 10.7 Å². The van der Waals surface area contributed by atoms with E-state index in [0.717, 1.165) is 33.4 Å². The van der Waals surface area contributed by atoms with Crippen LogP contribution in [-0.4, -0.2) is 30.5 Å². The summed E-state index contributed by atoms with van der Waals surface area (Å²) in [5.74, 6) is 0.912. The van der Waals surface area contributed by atoms with Crippen molar-refractivity contribution in [2.45, 2.75) is 6.92 Å². The monoisotopic (exact) mass is 368 g/mol. The van der Waals surface area contributed by atoms with Crippen molar-refractivity contribution in [2.75, 3.05) is 5.73 Å². The number of benzene rings is 2. The third-order valence-electron chi connectivity index (χ3n) is 4.73. The molecular weight excluding hydrogens is 352 g/mol. The predicted octanol–water partition coefficient (Wildman–Crippen LogP) is 3.42. The van der Waals surface area contributed by atoms with Crippen LogP contribution < -0.4 is 5.73 Å². The Hall–Kier alpha value is -4.00. The minimum Gasteiger partial charge on any atom is -0.383 e. The van der Waals surface area contributed by atoms with E-state index in [4.69, 9.17) is 5.73 Å². The third kappa shape index (κ3) is 2.52. The maximum absolute atomic E-state index is 13.0. The van der Waals surface area contributed by atoms with Gasteiger partial charge in [0.05, 0.1) is 34.0 Å². The van der Waals surface area contributed by atoms with Crippen molar-refractivity contribution in [1.29, 1.82) is 0 Å². The van der Waals surface area contributed by atoms with E-state index in [1.54, 1.807) is 10.9 Å². The molecular formula is C21H16N6O. The van der Waals surface area contributed by atoms with Gasteiger partial charge >= 0.3 is 0 Å². The van der Waals surface area contributed by atoms with Crippen LogP contribution in [0.2, 0.25) is 0 Å². The van der Waals surface area contributed by atoms with Gasteiger partial charge in [-0.15, -0.1) is 0 Å². The highest BCUT2D eigenvalue weighted by molar-refractivity contribution is 6.12. The highest BCUT2D eigenvalue weighted by atomic mass is 16.1. The number of aromatic nitrogens is 5. The number of nitrogens with two attached hydrogens (primary N) is 1. The van der Waals surface area contributed by atoms with Crippen molar-refractivity contribution in [3.8, 4) is 5.69 Å². The molecule has 28 heavy (non-hydrogen) atoms. The average molecular weight is 368 g/mol. The van der Waals surface area contributed by atoms with Gasteiger partial charge in [0.15, 0.2) is 5.78 Å². The quantitative estimate of drug-likeness (QED) is 0.475. The van der Waals surface area contributed by atoms with E-state index in [0.29, 0.717) is 11.1 Å². The molecule has 0 amide bonds. The molecule has 0 saturated heterocycles. The topological polar surface area (TPSA) is 102 Å². The first-order valence-electron chi connectivity index (χ1n) is 8.80. The van der Waals surface area contributed by atoms with Crippen molar-refractivity contribution in [2.24, 2.45) is 0 Å². The maximum atomic E-state index is 13.0. The molecule has 0 aliphatic rings. The van der Waals surface area contributed by atoms with E-state index in [1.807, 2.05) is 55.5 Å². The third-order valence-corrected chi connectivity index (χ3v) is 4.73. The first-order chi connectivity index (χ1) is 13.6. The summed E-state index contributed by atoms with van der Waals surface area (Å²) in [6, 6.07) is 15.2. The summed E-state index contributed by atoms with van der Waals surface area (Å²) in [4.78, 5) is 24.9. The molecule has 136 valence electrons. The summed E-state index contributed by atoms with van der Waals surface area (Å²) in [6.07, 6.45) is 3.07. The Kier molecular flexibility index (Phi) is 3.48. The van der Waals surface area contributed by atoms with Gasteiger partial charge in [-0.25, -0.2) is 9.67 Å². The molecule has 2 aromatic carbocycles. The van der Waals surface area contributed by atoms with Crippen molar-refractivity contribution in [3.05, 3.63) is 77.9 Å². The van der Waals surface area contributed by atoms with Crippen molar-refractivity contribution < 1.29 is 4.79 Å². The van der Waals surface area contributed by atoms with Crippen LogP contribution in [0.25, 0.3) is 27.6 Å². The summed E-state index contributed by atoms with van der Waals surface area (Å²) >= 11 is 0. The lowest BCUT2D eigenvalue weighted by molar-refractivity contribution is 0.103. The standard InChI is InChI=1S/C21H16N6O/c1-12-25-18-7-6-15(9-19(18)26-12)27-21(22)16(11-24-27)20(28)14-8-13-4-2-3-5-17(13)23-10-14/h2-11H,22H2,1H3,(H,25,26). The number of rotatable bonds is 3. The number of aryl methyl sites for hydroxylation is 1. The van der Waals surface area contributed by atoms with Gasteiger partial charge in [-0.2, -0.15) is 5.10 Å². The first kappa shape index (κ1) is 16.2. The van der Waals surface area contributed by atoms with Crippen LogP contribution in [0.3, 0.4) is 0 Å². The Labute approximate surface area is 159 Å². The molecule has 0 saturated carbocycles. The number of fused-ring (bicyclic) bond motifs is 2. The van der Waals surface area contributed by atoms with Gasteiger partial charge in [-0.1, -0.05) is 18.2 Å². The lowest BCUT2D eigenvalue weighted by Gasteiger charge is -2.06. The van der Waals surface area contributed by atoms with Crippen LogP contribution in [0.15, 0.2) is 60.9 Å². The number of aromatic amines is 1. The molecule has 5 rings (SSSR count). The Bertz CT molecular complexity index is 1360. The SMILES string of the molecule is Cc1nc2ccc(-n3ncc(C(=O)c4cnc5ccccc5c4)c3N)cc2[nH]1. The first-order valence-corrected chi connectivity index (χ1v) is 8.80. The Morgan fingerprint density at radius 3 is 2.82 bits per heavy atom. The maximum Gasteiger partial charge on any atom is 0.199 e. The zero-order valence-corrected chi connectivity index (χ0v) is 15.0. The Balaban J connectivity index is 1.55. The van der Waals surface area contributed by atoms with Crippen LogP contribution in [0.1, 0.15) is 21.7 Å². The summed E-state index contributed by atoms with van der Waals surface area (Å²) < 4.78 is 1.55. The van der Waals surface area contributed by atoms with Gasteiger partial charge in [0.2, 0.25) is 0 Å². The summed E-state index contributed by atoms with van der Waals surface area (Å²) in [7, 11) is 0. The smallest absolute Gasteiger partial charge is 0.199 e. The number of carbonyl (C=O) groups excluding carboxylic acids is 1. The van der Waals surface area contributed by atoms with Crippen molar-refractivity contribution >= 4 is 33.5 Å². The normalized spacial score (nSPS) is 11.3. The number of imidazole rings is 1. The fraction of sp³-hybridized carbons (Fsp3) is 0.0476. The minimum absolute atomic E-state index is 0.208. The number of nitrogens with zero attached hydrogens (tertiary/aromatic N) is 4. The molecule has 7 nitrogen and oxygen atoms in total. The number of hydrogen-bond acceptors (Lipinski definition) is 5. The van der Waals surface area contributed by atoms with E-state index in [1.165, 1.54) is 6.20 Å². The molecule has 3 aromatic heterocycles. The molecule has 0 radical (unpaired) electrons. The largest absolute Gasteiger partial charge is 0.383 e. The van der Waals surface area contributed by atoms with Gasteiger partial charge in [-0.05, 0) is 37.3 Å². The molecule has 0 unspecified atom stereocenters. The number of para-hydroxylation sites is 1. The number of pyridine rings is 1. The van der Waals surface area contributed by atoms with Crippen LogP contribution in [-0.2, 0) is 0 Å². The summed E-state index contributed by atoms with van der Waals surface area (Å²) in [6.45, 7) is 1.90. The molecule has 0 spiro atoms. The fourth-order valence-electron chi connectivity index (χ4n) is 3.35. The number of nitrogen functional groups attached to an aromatic ring is 1. The van der Waals surface area contributed by atoms with Crippen molar-refractivity contribution in [3.63, 3.8) is 0 Å². The van der Waals surface area contributed by atoms with Gasteiger partial charge in [0, 0.05) is 17.1 Å². The van der Waals surface area contributed by atoms with E-state index in [-0.39, 0.29) is 11.6 Å². The summed E-state index contributed by atoms with van der Waals surface area (Å²) in [5, 5.41) is 5.23. The lowest BCUT2D eigenvalue weighted by atomic mass is 10.1. The second kappa shape index (κ2) is 6.02. The lowest BCUT2D eigenvalue weighted by Crippen LogP contribution is -2.07. The molecule has 7 heteroatoms. The van der Waals surface area contributed by atoms with Gasteiger partial charge in [-0.3, -0.25) is 9.78 Å². The highest BCUT2D eigenvalue weighted by Gasteiger charge is 2.19. The van der Waals surface area contributed by atoms with Gasteiger partial charge in [0.1, 0.15) is 11.6 Å². The second-order valence-electron chi connectivity index (χ2n) is 6.62. The highest BCUT2D eigenvalue weighted by Crippen LogP contribution is 2.23. The number of nitrogens with one attached hydrogen (secondary N) is 1. The number of hydrogen-bond donors (Lipinski definition) is 2. The molecule has 0 atom stereocenters. The van der Waals surface area contributed by atoms with E-state index < -0.39 is 0 Å². The number of H-pyrrole nitrogens is 1. The Morgan fingerprint density at radius 1 is 1.07 bits per heavy atom. The Morgan fingerprint density at radius 2 is 1.93 bits per heavy atom. The van der Waals surface area contributed by atoms with Crippen LogP contribution >= 0.6 is 0 Å². The number of carbonyl (C=O) groups is 1. The van der Waals surface area contributed by atoms with E-state index in [9.17, 15) is 4.79 Å². The van der Waals surface area contributed by atoms with Crippen LogP contribution in [0, 0.1) is 6.92 Å². The van der Waals surface area contributed by atoms with Crippen molar-refractivity contribution in [1.82, 2.24) is 24.7 Å². The number of ketones is 1. The molecule has 0 bridgehead atoms. The fourth-order valence-corrected chi connectivity index (χ4v) is 3.35.